The van der Waals surface area contributed by atoms with E-state index in [4.69, 9.17) is 24.4 Å². The van der Waals surface area contributed by atoms with E-state index in [-0.39, 0.29) is 35.5 Å². The van der Waals surface area contributed by atoms with Crippen molar-refractivity contribution in [3.8, 4) is 22.9 Å². The first kappa shape index (κ1) is 33.1. The summed E-state index contributed by atoms with van der Waals surface area (Å²) in [6.45, 7) is 13.0. The van der Waals surface area contributed by atoms with Crippen LogP contribution in [0.2, 0.25) is 0 Å². The summed E-state index contributed by atoms with van der Waals surface area (Å²) in [4.78, 5) is 30.1. The van der Waals surface area contributed by atoms with E-state index in [1.165, 1.54) is 0 Å². The number of ketones is 2. The first-order valence-corrected chi connectivity index (χ1v) is 15.1. The highest BCUT2D eigenvalue weighted by Gasteiger charge is 2.56. The van der Waals surface area contributed by atoms with Crippen molar-refractivity contribution in [3.05, 3.63) is 59.3 Å². The minimum Gasteiger partial charge on any atom is -0.493 e. The van der Waals surface area contributed by atoms with Crippen LogP contribution < -0.4 is 19.1 Å². The van der Waals surface area contributed by atoms with Crippen LogP contribution in [0.1, 0.15) is 71.2 Å². The zero-order chi connectivity index (χ0) is 32.4. The average molecular weight is 606 g/mol. The summed E-state index contributed by atoms with van der Waals surface area (Å²) in [5.74, 6) is 2.56. The van der Waals surface area contributed by atoms with Gasteiger partial charge in [0, 0.05) is 43.5 Å². The Morgan fingerprint density at radius 2 is 1.45 bits per heavy atom. The molecule has 1 fully saturated rings. The average Bonchev–Trinajstić information content (AvgIpc) is 3.36. The number of hydrogen-bond donors (Lipinski definition) is 1. The van der Waals surface area contributed by atoms with Gasteiger partial charge in [0.25, 0.3) is 0 Å². The molecule has 0 saturated heterocycles. The molecule has 0 unspecified atom stereocenters. The highest BCUT2D eigenvalue weighted by molar-refractivity contribution is 6.11. The van der Waals surface area contributed by atoms with Crippen LogP contribution in [-0.4, -0.2) is 60.9 Å². The third kappa shape index (κ3) is 6.20. The lowest BCUT2D eigenvalue weighted by molar-refractivity contribution is -0.148. The quantitative estimate of drug-likeness (QED) is 0.357. The summed E-state index contributed by atoms with van der Waals surface area (Å²) in [5, 5.41) is 12.7. The second-order valence-electron chi connectivity index (χ2n) is 13.5. The molecule has 1 aromatic heterocycles. The molecule has 1 aliphatic heterocycles. The van der Waals surface area contributed by atoms with E-state index in [2.05, 4.69) is 25.7 Å². The van der Waals surface area contributed by atoms with Crippen LogP contribution in [0.4, 0.5) is 5.82 Å². The molecule has 44 heavy (non-hydrogen) atoms. The van der Waals surface area contributed by atoms with Gasteiger partial charge in [-0.2, -0.15) is 5.10 Å². The number of fused-ring (bicyclic) bond motifs is 1. The maximum atomic E-state index is 14.0. The van der Waals surface area contributed by atoms with E-state index in [9.17, 15) is 9.59 Å². The normalized spacial score (nSPS) is 17.1. The van der Waals surface area contributed by atoms with Crippen molar-refractivity contribution in [2.75, 3.05) is 39.4 Å². The number of para-hydroxylation sites is 1. The van der Waals surface area contributed by atoms with Crippen molar-refractivity contribution in [2.45, 2.75) is 72.8 Å². The van der Waals surface area contributed by atoms with E-state index in [0.29, 0.717) is 43.1 Å². The SMILES string of the molecule is CCO.COc1cc(CN2CC3(Cc4c(C(C)(C)C)nn(-c5ccccc5)c42)C(=O)CC(C)(C)CC3=O)cc(OC)c1OC. The third-order valence-corrected chi connectivity index (χ3v) is 8.35. The predicted molar refractivity (Wildman–Crippen MR) is 171 cm³/mol. The summed E-state index contributed by atoms with van der Waals surface area (Å²) in [7, 11) is 4.77. The van der Waals surface area contributed by atoms with Gasteiger partial charge >= 0.3 is 0 Å². The second-order valence-corrected chi connectivity index (χ2v) is 13.5. The Bertz CT molecular complexity index is 1460. The molecule has 238 valence electrons. The number of carbonyl (C=O) groups excluding carboxylic acids is 2. The fourth-order valence-corrected chi connectivity index (χ4v) is 6.42. The lowest BCUT2D eigenvalue weighted by Gasteiger charge is -2.47. The van der Waals surface area contributed by atoms with Crippen molar-refractivity contribution in [2.24, 2.45) is 10.8 Å². The highest BCUT2D eigenvalue weighted by atomic mass is 16.5. The van der Waals surface area contributed by atoms with E-state index in [1.54, 1.807) is 28.3 Å². The topological polar surface area (TPSA) is 103 Å². The number of carbonyl (C=O) groups is 2. The smallest absolute Gasteiger partial charge is 0.203 e. The van der Waals surface area contributed by atoms with Gasteiger partial charge in [-0.15, -0.1) is 0 Å². The van der Waals surface area contributed by atoms with E-state index < -0.39 is 5.41 Å². The Morgan fingerprint density at radius 1 is 0.909 bits per heavy atom. The molecule has 3 aromatic rings. The molecule has 0 atom stereocenters. The number of aliphatic hydroxyl groups is 1. The van der Waals surface area contributed by atoms with Gasteiger partial charge in [0.05, 0.1) is 32.7 Å². The van der Waals surface area contributed by atoms with Crippen LogP contribution in [0, 0.1) is 10.8 Å². The van der Waals surface area contributed by atoms with E-state index in [1.807, 2.05) is 61.0 Å². The van der Waals surface area contributed by atoms with Crippen molar-refractivity contribution in [1.82, 2.24) is 9.78 Å². The second kappa shape index (κ2) is 12.6. The lowest BCUT2D eigenvalue weighted by atomic mass is 9.60. The minimum absolute atomic E-state index is 0.0200. The summed E-state index contributed by atoms with van der Waals surface area (Å²) in [6.07, 6.45) is 1.12. The van der Waals surface area contributed by atoms with Crippen molar-refractivity contribution in [1.29, 1.82) is 0 Å². The van der Waals surface area contributed by atoms with Crippen LogP contribution >= 0.6 is 0 Å². The number of rotatable bonds is 6. The first-order valence-electron chi connectivity index (χ1n) is 15.1. The molecule has 1 spiro atoms. The molecule has 2 aromatic carbocycles. The summed E-state index contributed by atoms with van der Waals surface area (Å²) in [5.41, 5.74) is 1.91. The van der Waals surface area contributed by atoms with E-state index >= 15 is 0 Å². The number of ether oxygens (including phenoxy) is 3. The molecule has 1 aliphatic carbocycles. The molecule has 2 aliphatic rings. The van der Waals surface area contributed by atoms with Gasteiger partial charge in [-0.25, -0.2) is 4.68 Å². The van der Waals surface area contributed by atoms with Gasteiger partial charge in [0.1, 0.15) is 22.8 Å². The molecule has 1 saturated carbocycles. The summed E-state index contributed by atoms with van der Waals surface area (Å²) in [6, 6.07) is 13.9. The highest BCUT2D eigenvalue weighted by Crippen LogP contribution is 2.50. The minimum atomic E-state index is -1.12. The van der Waals surface area contributed by atoms with Crippen LogP contribution in [0.25, 0.3) is 5.69 Å². The number of aromatic nitrogens is 2. The van der Waals surface area contributed by atoms with E-state index in [0.717, 1.165) is 28.3 Å². The maximum Gasteiger partial charge on any atom is 0.203 e. The zero-order valence-corrected chi connectivity index (χ0v) is 27.6. The Hall–Kier alpha value is -3.85. The molecule has 9 nitrogen and oxygen atoms in total. The predicted octanol–water partition coefficient (Wildman–Crippen LogP) is 5.70. The number of Topliss-reactive ketones (excluding diaryl/α,β-unsaturated/α-hetero) is 2. The van der Waals surface area contributed by atoms with Crippen LogP contribution in [-0.2, 0) is 28.0 Å². The molecule has 2 heterocycles. The Kier molecular flexibility index (Phi) is 9.49. The van der Waals surface area contributed by atoms with Gasteiger partial charge < -0.3 is 24.2 Å². The van der Waals surface area contributed by atoms with Gasteiger partial charge in [0.2, 0.25) is 5.75 Å². The molecule has 0 bridgehead atoms. The van der Waals surface area contributed by atoms with Crippen LogP contribution in [0.15, 0.2) is 42.5 Å². The summed E-state index contributed by atoms with van der Waals surface area (Å²) >= 11 is 0. The number of aliphatic hydroxyl groups excluding tert-OH is 1. The molecule has 5 rings (SSSR count). The van der Waals surface area contributed by atoms with Gasteiger partial charge in [-0.05, 0) is 48.6 Å². The standard InChI is InChI=1S/C33H41N3O5.C2H6O/c1-31(2,3)29-23-16-33(26(37)17-32(4,5)18-27(33)38)20-35(30(23)36(34-29)22-12-10-9-11-13-22)19-21-14-24(39-6)28(41-8)25(15-21)40-7;1-2-3/h9-15H,16-20H2,1-8H3;3H,2H2,1H3. The van der Waals surface area contributed by atoms with Crippen LogP contribution in [0.3, 0.4) is 0 Å². The summed E-state index contributed by atoms with van der Waals surface area (Å²) < 4.78 is 18.8. The third-order valence-electron chi connectivity index (χ3n) is 8.35. The molecular weight excluding hydrogens is 558 g/mol. The first-order chi connectivity index (χ1) is 20.7. The number of anilines is 1. The number of hydrogen-bond acceptors (Lipinski definition) is 8. The lowest BCUT2D eigenvalue weighted by Crippen LogP contribution is -2.57. The molecule has 9 heteroatoms. The van der Waals surface area contributed by atoms with Crippen molar-refractivity contribution < 1.29 is 28.9 Å². The van der Waals surface area contributed by atoms with Gasteiger partial charge in [-0.3, -0.25) is 9.59 Å². The van der Waals surface area contributed by atoms with Crippen LogP contribution in [0.5, 0.6) is 17.2 Å². The Morgan fingerprint density at radius 3 is 1.93 bits per heavy atom. The monoisotopic (exact) mass is 605 g/mol. The number of benzene rings is 2. The number of nitrogens with zero attached hydrogens (tertiary/aromatic N) is 3. The Labute approximate surface area is 261 Å². The molecule has 0 radical (unpaired) electrons. The van der Waals surface area contributed by atoms with Crippen molar-refractivity contribution in [3.63, 3.8) is 0 Å². The largest absolute Gasteiger partial charge is 0.493 e. The molecule has 1 N–H and O–H groups in total. The zero-order valence-electron chi connectivity index (χ0n) is 27.6. The van der Waals surface area contributed by atoms with Gasteiger partial charge in [0.15, 0.2) is 11.5 Å². The fourth-order valence-electron chi connectivity index (χ4n) is 6.42. The van der Waals surface area contributed by atoms with Gasteiger partial charge in [-0.1, -0.05) is 52.8 Å². The fraction of sp³-hybridized carbons (Fsp3) is 0.514. The maximum absolute atomic E-state index is 14.0. The number of methoxy groups -OCH3 is 3. The van der Waals surface area contributed by atoms with Crippen molar-refractivity contribution >= 4 is 17.4 Å². The Balaban J connectivity index is 0.00000141. The molecule has 0 amide bonds. The molecular formula is C35H47N3O6.